The fourth-order valence-electron chi connectivity index (χ4n) is 1.22. The van der Waals surface area contributed by atoms with Gasteiger partial charge in [-0.05, 0) is 24.6 Å². The Hall–Kier alpha value is -0.800. The summed E-state index contributed by atoms with van der Waals surface area (Å²) in [5.74, 6) is 0.402. The summed E-state index contributed by atoms with van der Waals surface area (Å²) in [4.78, 5) is 0. The van der Waals surface area contributed by atoms with Crippen LogP contribution in [0.5, 0.6) is 5.75 Å². The number of ether oxygens (including phenoxy) is 1. The maximum absolute atomic E-state index is 12.9. The summed E-state index contributed by atoms with van der Waals surface area (Å²) < 4.78 is 17.9. The van der Waals surface area contributed by atoms with E-state index in [9.17, 15) is 9.50 Å². The van der Waals surface area contributed by atoms with Crippen molar-refractivity contribution >= 4 is 11.6 Å². The molecule has 0 aromatic heterocycles. The van der Waals surface area contributed by atoms with E-state index in [-0.39, 0.29) is 0 Å². The van der Waals surface area contributed by atoms with E-state index in [4.69, 9.17) is 16.3 Å². The molecule has 1 rings (SSSR count). The first-order valence-electron chi connectivity index (χ1n) is 4.26. The van der Waals surface area contributed by atoms with Gasteiger partial charge in [0, 0.05) is 11.4 Å². The summed E-state index contributed by atoms with van der Waals surface area (Å²) in [6, 6.07) is 4.04. The lowest BCUT2D eigenvalue weighted by Gasteiger charge is -2.13. The van der Waals surface area contributed by atoms with Gasteiger partial charge in [-0.1, -0.05) is 0 Å². The van der Waals surface area contributed by atoms with Gasteiger partial charge in [-0.25, -0.2) is 4.39 Å². The summed E-state index contributed by atoms with van der Waals surface area (Å²) in [6.45, 7) is 0. The van der Waals surface area contributed by atoms with Crippen molar-refractivity contribution in [2.45, 2.75) is 12.5 Å². The summed E-state index contributed by atoms with van der Waals surface area (Å²) in [5, 5.41) is 9.63. The maximum Gasteiger partial charge on any atom is 0.124 e. The van der Waals surface area contributed by atoms with Crippen molar-refractivity contribution in [3.8, 4) is 5.75 Å². The van der Waals surface area contributed by atoms with Gasteiger partial charge in [0.05, 0.1) is 13.2 Å². The van der Waals surface area contributed by atoms with Crippen molar-refractivity contribution in [2.75, 3.05) is 13.0 Å². The Morgan fingerprint density at radius 3 is 2.86 bits per heavy atom. The molecule has 0 radical (unpaired) electrons. The van der Waals surface area contributed by atoms with Crippen LogP contribution in [0.2, 0.25) is 0 Å². The van der Waals surface area contributed by atoms with Crippen molar-refractivity contribution in [3.05, 3.63) is 29.6 Å². The van der Waals surface area contributed by atoms with Crippen LogP contribution in [0.1, 0.15) is 18.1 Å². The molecule has 0 saturated carbocycles. The first kappa shape index (κ1) is 11.3. The zero-order valence-corrected chi connectivity index (χ0v) is 8.59. The summed E-state index contributed by atoms with van der Waals surface area (Å²) in [5.41, 5.74) is 0.438. The third kappa shape index (κ3) is 2.59. The van der Waals surface area contributed by atoms with E-state index < -0.39 is 11.9 Å². The lowest BCUT2D eigenvalue weighted by Crippen LogP contribution is -2.01. The Bertz CT molecular complexity index is 304. The van der Waals surface area contributed by atoms with Crippen LogP contribution < -0.4 is 4.74 Å². The molecular weight excluding hydrogens is 207 g/mol. The molecule has 0 aliphatic heterocycles. The van der Waals surface area contributed by atoms with E-state index in [1.54, 1.807) is 0 Å². The third-order valence-corrected chi connectivity index (χ3v) is 2.15. The first-order chi connectivity index (χ1) is 6.69. The molecule has 78 valence electrons. The fraction of sp³-hybridized carbons (Fsp3) is 0.400. The minimum atomic E-state index is -0.779. The van der Waals surface area contributed by atoms with Gasteiger partial charge >= 0.3 is 0 Å². The highest BCUT2D eigenvalue weighted by molar-refractivity contribution is 6.17. The van der Waals surface area contributed by atoms with Crippen molar-refractivity contribution < 1.29 is 14.2 Å². The normalized spacial score (nSPS) is 12.6. The Kier molecular flexibility index (Phi) is 4.17. The minimum absolute atomic E-state index is 0.320. The van der Waals surface area contributed by atoms with E-state index in [1.807, 2.05) is 0 Å². The molecule has 1 N–H and O–H groups in total. The summed E-state index contributed by atoms with van der Waals surface area (Å²) in [6.07, 6.45) is -0.403. The largest absolute Gasteiger partial charge is 0.496 e. The van der Waals surface area contributed by atoms with Crippen molar-refractivity contribution in [1.29, 1.82) is 0 Å². The molecule has 1 aromatic carbocycles. The molecule has 1 atom stereocenters. The Morgan fingerprint density at radius 1 is 1.57 bits per heavy atom. The molecule has 0 fully saturated rings. The molecule has 0 spiro atoms. The fourth-order valence-corrected chi connectivity index (χ4v) is 1.43. The second-order valence-electron chi connectivity index (χ2n) is 2.88. The van der Waals surface area contributed by atoms with Crippen LogP contribution in [0.4, 0.5) is 4.39 Å². The molecule has 4 heteroatoms. The number of benzene rings is 1. The van der Waals surface area contributed by atoms with Crippen LogP contribution >= 0.6 is 11.6 Å². The lowest BCUT2D eigenvalue weighted by atomic mass is 10.1. The van der Waals surface area contributed by atoms with Crippen molar-refractivity contribution in [3.63, 3.8) is 0 Å². The van der Waals surface area contributed by atoms with Crippen molar-refractivity contribution in [2.24, 2.45) is 0 Å². The van der Waals surface area contributed by atoms with Crippen LogP contribution in [0, 0.1) is 5.82 Å². The molecule has 14 heavy (non-hydrogen) atoms. The standard InChI is InChI=1S/C10H12ClFO2/c1-14-10-3-2-7(12)6-8(10)9(13)4-5-11/h2-3,6,9,13H,4-5H2,1H3. The van der Waals surface area contributed by atoms with Crippen LogP contribution in [0.15, 0.2) is 18.2 Å². The zero-order valence-electron chi connectivity index (χ0n) is 7.84. The second-order valence-corrected chi connectivity index (χ2v) is 3.26. The highest BCUT2D eigenvalue weighted by Crippen LogP contribution is 2.27. The predicted octanol–water partition coefficient (Wildman–Crippen LogP) is 2.50. The number of methoxy groups -OCH3 is 1. The SMILES string of the molecule is COc1ccc(F)cc1C(O)CCCl. The molecule has 0 heterocycles. The quantitative estimate of drug-likeness (QED) is 0.787. The third-order valence-electron chi connectivity index (χ3n) is 1.93. The predicted molar refractivity (Wildman–Crippen MR) is 53.2 cm³/mol. The molecule has 0 saturated heterocycles. The van der Waals surface area contributed by atoms with E-state index in [0.717, 1.165) is 0 Å². The van der Waals surface area contributed by atoms with E-state index in [2.05, 4.69) is 0 Å². The average Bonchev–Trinajstić information content (AvgIpc) is 2.18. The summed E-state index contributed by atoms with van der Waals surface area (Å²) >= 11 is 5.49. The molecule has 0 bridgehead atoms. The number of halogens is 2. The maximum atomic E-state index is 12.9. The van der Waals surface area contributed by atoms with E-state index in [0.29, 0.717) is 23.6 Å². The molecule has 1 aromatic rings. The van der Waals surface area contributed by atoms with Gasteiger partial charge in [0.1, 0.15) is 11.6 Å². The molecule has 2 nitrogen and oxygen atoms in total. The average molecular weight is 219 g/mol. The van der Waals surface area contributed by atoms with Crippen molar-refractivity contribution in [1.82, 2.24) is 0 Å². The van der Waals surface area contributed by atoms with E-state index >= 15 is 0 Å². The number of hydrogen-bond donors (Lipinski definition) is 1. The molecule has 0 amide bonds. The first-order valence-corrected chi connectivity index (χ1v) is 4.80. The number of rotatable bonds is 4. The number of aliphatic hydroxyl groups excluding tert-OH is 1. The minimum Gasteiger partial charge on any atom is -0.496 e. The van der Waals surface area contributed by atoms with Crippen LogP contribution in [0.25, 0.3) is 0 Å². The van der Waals surface area contributed by atoms with Gasteiger partial charge in [-0.2, -0.15) is 0 Å². The van der Waals surface area contributed by atoms with Crippen LogP contribution in [-0.4, -0.2) is 18.1 Å². The van der Waals surface area contributed by atoms with Gasteiger partial charge in [-0.15, -0.1) is 11.6 Å². The lowest BCUT2D eigenvalue weighted by molar-refractivity contribution is 0.170. The second kappa shape index (κ2) is 5.17. The molecule has 0 aliphatic rings. The molecular formula is C10H12ClFO2. The van der Waals surface area contributed by atoms with Gasteiger partial charge in [0.25, 0.3) is 0 Å². The van der Waals surface area contributed by atoms with Gasteiger partial charge < -0.3 is 9.84 Å². The van der Waals surface area contributed by atoms with Gasteiger partial charge in [0.15, 0.2) is 0 Å². The topological polar surface area (TPSA) is 29.5 Å². The Balaban J connectivity index is 2.97. The Morgan fingerprint density at radius 2 is 2.29 bits per heavy atom. The highest BCUT2D eigenvalue weighted by Gasteiger charge is 2.13. The molecule has 1 unspecified atom stereocenters. The Labute approximate surface area is 87.3 Å². The van der Waals surface area contributed by atoms with Gasteiger partial charge in [0.2, 0.25) is 0 Å². The number of hydrogen-bond acceptors (Lipinski definition) is 2. The number of aliphatic hydroxyl groups is 1. The van der Waals surface area contributed by atoms with Crippen LogP contribution in [0.3, 0.4) is 0 Å². The monoisotopic (exact) mass is 218 g/mol. The summed E-state index contributed by atoms with van der Waals surface area (Å²) in [7, 11) is 1.48. The van der Waals surface area contributed by atoms with Gasteiger partial charge in [-0.3, -0.25) is 0 Å². The smallest absolute Gasteiger partial charge is 0.124 e. The molecule has 0 aliphatic carbocycles. The number of alkyl halides is 1. The van der Waals surface area contributed by atoms with Crippen LogP contribution in [-0.2, 0) is 0 Å². The highest BCUT2D eigenvalue weighted by atomic mass is 35.5. The zero-order chi connectivity index (χ0) is 10.6. The van der Waals surface area contributed by atoms with E-state index in [1.165, 1.54) is 25.3 Å².